The molecule has 1 aromatic rings. The van der Waals surface area contributed by atoms with Crippen molar-refractivity contribution in [3.8, 4) is 0 Å². The smallest absolute Gasteiger partial charge is 0.475 e. The fourth-order valence-electron chi connectivity index (χ4n) is 3.10. The maximum Gasteiger partial charge on any atom is 0.490 e. The van der Waals surface area contributed by atoms with Gasteiger partial charge in [0.15, 0.2) is 0 Å². The number of hydrogen-bond acceptors (Lipinski definition) is 6. The molecule has 2 aliphatic rings. The second-order valence-electron chi connectivity index (χ2n) is 6.50. The van der Waals surface area contributed by atoms with E-state index >= 15 is 0 Å². The molecule has 0 saturated carbocycles. The van der Waals surface area contributed by atoms with Crippen molar-refractivity contribution in [3.05, 3.63) is 16.1 Å². The van der Waals surface area contributed by atoms with Gasteiger partial charge in [0.25, 0.3) is 0 Å². The highest BCUT2D eigenvalue weighted by Gasteiger charge is 2.42. The van der Waals surface area contributed by atoms with E-state index in [0.29, 0.717) is 6.10 Å². The van der Waals surface area contributed by atoms with Crippen molar-refractivity contribution in [2.45, 2.75) is 50.6 Å². The van der Waals surface area contributed by atoms with Gasteiger partial charge in [0.2, 0.25) is 0 Å². The molecule has 3 heterocycles. The van der Waals surface area contributed by atoms with Gasteiger partial charge in [-0.2, -0.15) is 13.2 Å². The molecule has 0 amide bonds. The summed E-state index contributed by atoms with van der Waals surface area (Å²) in [5.41, 5.74) is 3.22. The maximum atomic E-state index is 10.6. The van der Waals surface area contributed by atoms with Crippen LogP contribution in [0.4, 0.5) is 13.2 Å². The van der Waals surface area contributed by atoms with Gasteiger partial charge in [-0.25, -0.2) is 9.78 Å². The molecule has 1 atom stereocenters. The summed E-state index contributed by atoms with van der Waals surface area (Å²) in [6.07, 6.45) is -1.46. The second kappa shape index (κ2) is 8.64. The summed E-state index contributed by atoms with van der Waals surface area (Å²) in [6.45, 7) is 6.15. The Morgan fingerprint density at radius 1 is 1.50 bits per heavy atom. The van der Waals surface area contributed by atoms with Gasteiger partial charge < -0.3 is 14.6 Å². The first-order chi connectivity index (χ1) is 12.1. The molecule has 1 unspecified atom stereocenters. The van der Waals surface area contributed by atoms with E-state index in [-0.39, 0.29) is 5.60 Å². The van der Waals surface area contributed by atoms with E-state index in [1.165, 1.54) is 10.6 Å². The first-order valence-electron chi connectivity index (χ1n) is 8.23. The largest absolute Gasteiger partial charge is 0.490 e. The van der Waals surface area contributed by atoms with Crippen molar-refractivity contribution in [2.24, 2.45) is 0 Å². The Morgan fingerprint density at radius 3 is 2.54 bits per heavy atom. The lowest BCUT2D eigenvalue weighted by Crippen LogP contribution is -2.43. The summed E-state index contributed by atoms with van der Waals surface area (Å²) in [5.74, 6) is -2.76. The van der Waals surface area contributed by atoms with E-state index in [1.807, 2.05) is 5.51 Å². The zero-order valence-corrected chi connectivity index (χ0v) is 15.5. The van der Waals surface area contributed by atoms with Crippen LogP contribution >= 0.6 is 11.3 Å². The molecule has 2 fully saturated rings. The number of aliphatic carboxylic acids is 1. The van der Waals surface area contributed by atoms with E-state index in [0.717, 1.165) is 45.5 Å². The van der Waals surface area contributed by atoms with Crippen LogP contribution in [0.25, 0.3) is 0 Å². The predicted octanol–water partition coefficient (Wildman–Crippen LogP) is 2.85. The standard InChI is InChI=1S/C14H22N2O2S.C2HF3O2/c1-11-13(19-10-15-11)8-16-5-3-14(4-6-16)7-12(17-2)9-18-14;3-2(4,5)1(6)7/h10,12H,3-9H2,1-2H3;(H,6,7). The number of carbonyl (C=O) groups is 1. The van der Waals surface area contributed by atoms with Gasteiger partial charge in [-0.3, -0.25) is 4.90 Å². The van der Waals surface area contributed by atoms with Gasteiger partial charge in [-0.05, 0) is 19.8 Å². The molecule has 6 nitrogen and oxygen atoms in total. The number of alkyl halides is 3. The van der Waals surface area contributed by atoms with Crippen LogP contribution < -0.4 is 0 Å². The van der Waals surface area contributed by atoms with Crippen molar-refractivity contribution < 1.29 is 32.5 Å². The Morgan fingerprint density at radius 2 is 2.12 bits per heavy atom. The molecule has 0 bridgehead atoms. The number of rotatable bonds is 3. The van der Waals surface area contributed by atoms with Crippen molar-refractivity contribution >= 4 is 17.3 Å². The summed E-state index contributed by atoms with van der Waals surface area (Å²) < 4.78 is 43.2. The molecule has 1 aromatic heterocycles. The van der Waals surface area contributed by atoms with E-state index in [4.69, 9.17) is 19.4 Å². The first-order valence-corrected chi connectivity index (χ1v) is 9.11. The summed E-state index contributed by atoms with van der Waals surface area (Å²) in [6, 6.07) is 0. The summed E-state index contributed by atoms with van der Waals surface area (Å²) in [4.78, 5) is 17.1. The van der Waals surface area contributed by atoms with E-state index in [1.54, 1.807) is 18.4 Å². The van der Waals surface area contributed by atoms with Gasteiger partial charge >= 0.3 is 12.1 Å². The molecule has 1 spiro atoms. The number of thiazole rings is 1. The zero-order valence-electron chi connectivity index (χ0n) is 14.7. The Labute approximate surface area is 153 Å². The maximum absolute atomic E-state index is 10.6. The van der Waals surface area contributed by atoms with Gasteiger partial charge in [0, 0.05) is 38.0 Å². The number of aryl methyl sites for hydroxylation is 1. The Kier molecular flexibility index (Phi) is 7.00. The highest BCUT2D eigenvalue weighted by atomic mass is 32.1. The van der Waals surface area contributed by atoms with Crippen LogP contribution in [-0.4, -0.2) is 65.6 Å². The number of nitrogens with zero attached hydrogens (tertiary/aromatic N) is 2. The monoisotopic (exact) mass is 396 g/mol. The molecule has 3 rings (SSSR count). The normalized spacial score (nSPS) is 22.9. The molecule has 1 N–H and O–H groups in total. The third-order valence-electron chi connectivity index (χ3n) is 4.73. The van der Waals surface area contributed by atoms with Crippen molar-refractivity contribution in [3.63, 3.8) is 0 Å². The van der Waals surface area contributed by atoms with E-state index in [2.05, 4.69) is 16.8 Å². The van der Waals surface area contributed by atoms with Crippen LogP contribution in [0.5, 0.6) is 0 Å². The lowest BCUT2D eigenvalue weighted by molar-refractivity contribution is -0.192. The molecule has 0 aliphatic carbocycles. The van der Waals surface area contributed by atoms with Crippen LogP contribution in [0.1, 0.15) is 29.8 Å². The van der Waals surface area contributed by atoms with Crippen LogP contribution in [0, 0.1) is 6.92 Å². The number of likely N-dealkylation sites (tertiary alicyclic amines) is 1. The fourth-order valence-corrected chi connectivity index (χ4v) is 3.92. The third-order valence-corrected chi connectivity index (χ3v) is 5.65. The average molecular weight is 396 g/mol. The first kappa shape index (κ1) is 21.1. The lowest BCUT2D eigenvalue weighted by Gasteiger charge is -2.38. The van der Waals surface area contributed by atoms with Gasteiger partial charge in [-0.15, -0.1) is 11.3 Å². The van der Waals surface area contributed by atoms with Crippen LogP contribution in [0.3, 0.4) is 0 Å². The summed E-state index contributed by atoms with van der Waals surface area (Å²) in [5, 5.41) is 7.12. The minimum Gasteiger partial charge on any atom is -0.475 e. The zero-order chi connectivity index (χ0) is 19.4. The Balaban J connectivity index is 0.000000298. The quantitative estimate of drug-likeness (QED) is 0.847. The summed E-state index contributed by atoms with van der Waals surface area (Å²) in [7, 11) is 1.79. The molecular formula is C16H23F3N2O4S. The van der Waals surface area contributed by atoms with Crippen molar-refractivity contribution in [1.29, 1.82) is 0 Å². The number of ether oxygens (including phenoxy) is 2. The van der Waals surface area contributed by atoms with Gasteiger partial charge in [0.05, 0.1) is 29.5 Å². The lowest BCUT2D eigenvalue weighted by atomic mass is 9.88. The molecule has 2 aliphatic heterocycles. The number of piperidine rings is 1. The predicted molar refractivity (Wildman–Crippen MR) is 89.1 cm³/mol. The molecule has 26 heavy (non-hydrogen) atoms. The average Bonchev–Trinajstić information content (AvgIpc) is 3.16. The minimum atomic E-state index is -5.08. The fraction of sp³-hybridized carbons (Fsp3) is 0.750. The molecular weight excluding hydrogens is 373 g/mol. The number of hydrogen-bond donors (Lipinski definition) is 1. The number of aromatic nitrogens is 1. The molecule has 10 heteroatoms. The highest BCUT2D eigenvalue weighted by molar-refractivity contribution is 7.09. The number of carboxylic acids is 1. The van der Waals surface area contributed by atoms with E-state index in [9.17, 15) is 13.2 Å². The van der Waals surface area contributed by atoms with Gasteiger partial charge in [0.1, 0.15) is 0 Å². The van der Waals surface area contributed by atoms with Crippen LogP contribution in [0.15, 0.2) is 5.51 Å². The molecule has 2 saturated heterocycles. The third kappa shape index (κ3) is 5.63. The Hall–Kier alpha value is -1.23. The van der Waals surface area contributed by atoms with Crippen LogP contribution in [-0.2, 0) is 20.8 Å². The van der Waals surface area contributed by atoms with Crippen LogP contribution in [0.2, 0.25) is 0 Å². The molecule has 0 radical (unpaired) electrons. The number of methoxy groups -OCH3 is 1. The topological polar surface area (TPSA) is 71.9 Å². The highest BCUT2D eigenvalue weighted by Crippen LogP contribution is 2.37. The minimum absolute atomic E-state index is 0.0971. The van der Waals surface area contributed by atoms with E-state index < -0.39 is 12.1 Å². The number of carboxylic acid groups (broad SMARTS) is 1. The van der Waals surface area contributed by atoms with Crippen molar-refractivity contribution in [2.75, 3.05) is 26.8 Å². The second-order valence-corrected chi connectivity index (χ2v) is 7.44. The SMILES string of the molecule is COC1COC2(CCN(Cc3scnc3C)CC2)C1.O=C(O)C(F)(F)F. The van der Waals surface area contributed by atoms with Gasteiger partial charge in [-0.1, -0.05) is 0 Å². The number of halogens is 3. The Bertz CT molecular complexity index is 601. The molecule has 0 aromatic carbocycles. The molecule has 148 valence electrons. The van der Waals surface area contributed by atoms with Crippen molar-refractivity contribution in [1.82, 2.24) is 9.88 Å². The summed E-state index contributed by atoms with van der Waals surface area (Å²) >= 11 is 1.77.